The van der Waals surface area contributed by atoms with Gasteiger partial charge in [0.05, 0.1) is 0 Å². The Kier molecular flexibility index (Phi) is 6.23. The molecule has 2 saturated carbocycles. The van der Waals surface area contributed by atoms with E-state index in [0.29, 0.717) is 23.5 Å². The maximum atomic E-state index is 14.9. The third-order valence-electron chi connectivity index (χ3n) is 8.12. The Balaban J connectivity index is 1.45. The summed E-state index contributed by atoms with van der Waals surface area (Å²) in [5, 5.41) is 0. The third-order valence-corrected chi connectivity index (χ3v) is 8.12. The largest absolute Gasteiger partial charge is 0.203 e. The molecule has 5 unspecified atom stereocenters. The fourth-order valence-corrected chi connectivity index (χ4v) is 6.50. The van der Waals surface area contributed by atoms with Gasteiger partial charge in [0.25, 0.3) is 0 Å². The molecule has 3 aliphatic rings. The Bertz CT molecular complexity index is 720. The summed E-state index contributed by atoms with van der Waals surface area (Å²) in [4.78, 5) is 0. The topological polar surface area (TPSA) is 0 Å². The van der Waals surface area contributed by atoms with Gasteiger partial charge in [-0.15, -0.1) is 0 Å². The van der Waals surface area contributed by atoms with Gasteiger partial charge in [-0.1, -0.05) is 31.6 Å². The zero-order chi connectivity index (χ0) is 19.7. The van der Waals surface area contributed by atoms with Gasteiger partial charge in [0.1, 0.15) is 0 Å². The predicted molar refractivity (Wildman–Crippen MR) is 112 cm³/mol. The molecular weight excluding hydrogens is 350 g/mol. The summed E-state index contributed by atoms with van der Waals surface area (Å²) in [6, 6.07) is 1.97. The van der Waals surface area contributed by atoms with E-state index in [1.807, 2.05) is 25.1 Å². The van der Waals surface area contributed by atoms with Gasteiger partial charge in [-0.3, -0.25) is 0 Å². The van der Waals surface area contributed by atoms with Crippen LogP contribution in [-0.4, -0.2) is 0 Å². The Labute approximate surface area is 169 Å². The molecule has 0 heterocycles. The Morgan fingerprint density at radius 1 is 0.929 bits per heavy atom. The Morgan fingerprint density at radius 2 is 1.64 bits per heavy atom. The van der Waals surface area contributed by atoms with Gasteiger partial charge in [0.15, 0.2) is 11.6 Å². The first-order valence-electron chi connectivity index (χ1n) is 11.7. The molecule has 0 bridgehead atoms. The van der Waals surface area contributed by atoms with Gasteiger partial charge in [-0.25, -0.2) is 8.78 Å². The first-order chi connectivity index (χ1) is 13.6. The van der Waals surface area contributed by atoms with Crippen LogP contribution in [0.25, 0.3) is 0 Å². The van der Waals surface area contributed by atoms with Crippen molar-refractivity contribution in [3.05, 3.63) is 46.5 Å². The number of fused-ring (bicyclic) bond motifs is 2. The van der Waals surface area contributed by atoms with Crippen molar-refractivity contribution < 1.29 is 8.78 Å². The molecule has 2 heteroatoms. The van der Waals surface area contributed by atoms with Crippen LogP contribution in [0.4, 0.5) is 8.78 Å². The Morgan fingerprint density at radius 3 is 2.43 bits per heavy atom. The molecule has 2 fully saturated rings. The number of allylic oxidation sites excluding steroid dienone is 2. The van der Waals surface area contributed by atoms with Crippen molar-refractivity contribution in [2.45, 2.75) is 84.5 Å². The molecule has 154 valence electrons. The minimum atomic E-state index is -0.589. The van der Waals surface area contributed by atoms with Crippen LogP contribution >= 0.6 is 0 Å². The van der Waals surface area contributed by atoms with E-state index in [4.69, 9.17) is 0 Å². The lowest BCUT2D eigenvalue weighted by Crippen LogP contribution is -2.34. The number of hydrogen-bond acceptors (Lipinski definition) is 0. The lowest BCUT2D eigenvalue weighted by Gasteiger charge is -2.44. The third kappa shape index (κ3) is 4.07. The average molecular weight is 387 g/mol. The molecule has 28 heavy (non-hydrogen) atoms. The van der Waals surface area contributed by atoms with Gasteiger partial charge in [-0.2, -0.15) is 0 Å². The molecule has 0 N–H and O–H groups in total. The maximum Gasteiger partial charge on any atom is 0.162 e. The van der Waals surface area contributed by atoms with Crippen molar-refractivity contribution >= 4 is 0 Å². The molecular formula is C26H36F2. The van der Waals surface area contributed by atoms with Gasteiger partial charge in [0.2, 0.25) is 0 Å². The smallest absolute Gasteiger partial charge is 0.162 e. The predicted octanol–water partition coefficient (Wildman–Crippen LogP) is 7.43. The van der Waals surface area contributed by atoms with Gasteiger partial charge in [-0.05, 0) is 117 Å². The van der Waals surface area contributed by atoms with Gasteiger partial charge >= 0.3 is 0 Å². The summed E-state index contributed by atoms with van der Waals surface area (Å²) in [7, 11) is 0. The summed E-state index contributed by atoms with van der Waals surface area (Å²) in [5.41, 5.74) is 2.33. The molecule has 0 radical (unpaired) electrons. The molecule has 0 aliphatic heterocycles. The molecule has 0 spiro atoms. The van der Waals surface area contributed by atoms with Crippen LogP contribution in [0.5, 0.6) is 0 Å². The van der Waals surface area contributed by atoms with E-state index in [9.17, 15) is 8.78 Å². The second-order valence-electron chi connectivity index (χ2n) is 9.92. The summed E-state index contributed by atoms with van der Waals surface area (Å²) in [5.74, 6) is 2.87. The summed E-state index contributed by atoms with van der Waals surface area (Å²) < 4.78 is 29.6. The van der Waals surface area contributed by atoms with Gasteiger partial charge in [0, 0.05) is 0 Å². The van der Waals surface area contributed by atoms with E-state index in [1.165, 1.54) is 38.5 Å². The van der Waals surface area contributed by atoms with Crippen molar-refractivity contribution in [3.8, 4) is 0 Å². The van der Waals surface area contributed by atoms with E-state index in [2.05, 4.69) is 6.92 Å². The minimum Gasteiger partial charge on any atom is -0.203 e. The summed E-state index contributed by atoms with van der Waals surface area (Å²) in [6.45, 7) is 4.37. The van der Waals surface area contributed by atoms with E-state index in [0.717, 1.165) is 54.9 Å². The van der Waals surface area contributed by atoms with Crippen molar-refractivity contribution in [3.63, 3.8) is 0 Å². The first-order valence-corrected chi connectivity index (χ1v) is 11.7. The van der Waals surface area contributed by atoms with Crippen LogP contribution < -0.4 is 0 Å². The summed E-state index contributed by atoms with van der Waals surface area (Å²) >= 11 is 0. The van der Waals surface area contributed by atoms with Gasteiger partial charge < -0.3 is 0 Å². The number of aryl methyl sites for hydroxylation is 2. The maximum absolute atomic E-state index is 14.9. The zero-order valence-corrected chi connectivity index (χ0v) is 17.7. The van der Waals surface area contributed by atoms with Crippen molar-refractivity contribution in [2.75, 3.05) is 0 Å². The lowest BCUT2D eigenvalue weighted by atomic mass is 9.61. The van der Waals surface area contributed by atoms with Crippen molar-refractivity contribution in [2.24, 2.45) is 29.6 Å². The Hall–Kier alpha value is -1.18. The first kappa shape index (κ1) is 20.1. The highest BCUT2D eigenvalue weighted by molar-refractivity contribution is 5.37. The van der Waals surface area contributed by atoms with Crippen LogP contribution in [0.15, 0.2) is 18.2 Å². The van der Waals surface area contributed by atoms with E-state index in [1.54, 1.807) is 0 Å². The van der Waals surface area contributed by atoms with E-state index in [-0.39, 0.29) is 0 Å². The second kappa shape index (κ2) is 8.67. The monoisotopic (exact) mass is 386 g/mol. The second-order valence-corrected chi connectivity index (χ2v) is 9.92. The molecule has 1 aromatic carbocycles. The quantitative estimate of drug-likeness (QED) is 0.472. The van der Waals surface area contributed by atoms with E-state index >= 15 is 0 Å². The molecule has 0 aromatic heterocycles. The highest BCUT2D eigenvalue weighted by Gasteiger charge is 2.38. The van der Waals surface area contributed by atoms with Crippen LogP contribution in [0.1, 0.15) is 81.9 Å². The molecule has 3 aliphatic carbocycles. The van der Waals surface area contributed by atoms with E-state index < -0.39 is 11.6 Å². The van der Waals surface area contributed by atoms with Crippen molar-refractivity contribution in [1.82, 2.24) is 0 Å². The van der Waals surface area contributed by atoms with Crippen molar-refractivity contribution in [1.29, 1.82) is 0 Å². The minimum absolute atomic E-state index is 0.544. The average Bonchev–Trinajstić information content (AvgIpc) is 2.71. The number of rotatable bonds is 4. The van der Waals surface area contributed by atoms with Crippen LogP contribution in [0.2, 0.25) is 0 Å². The van der Waals surface area contributed by atoms with Crippen LogP contribution in [-0.2, 0) is 19.3 Å². The SMILES string of the molecule is C/C=C/CCc1cc2c(c(F)c1F)CC(C1CCC3CC(C)CCC3C1)CC2. The zero-order valence-electron chi connectivity index (χ0n) is 17.7. The molecule has 0 saturated heterocycles. The molecule has 4 rings (SSSR count). The number of hydrogen-bond donors (Lipinski definition) is 0. The lowest BCUT2D eigenvalue weighted by molar-refractivity contribution is 0.0753. The standard InChI is InChI=1S/C26H36F2/c1-3-4-5-6-23-15-22-12-11-21(16-24(22)26(28)25(23)27)20-10-9-18-13-17(2)7-8-19(18)14-20/h3-4,15,17-21H,5-14,16H2,1-2H3/b4-3+. The highest BCUT2D eigenvalue weighted by atomic mass is 19.2. The van der Waals surface area contributed by atoms with Crippen LogP contribution in [0, 0.1) is 41.2 Å². The fraction of sp³-hybridized carbons (Fsp3) is 0.692. The molecule has 0 amide bonds. The number of halogens is 2. The van der Waals surface area contributed by atoms with Crippen LogP contribution in [0.3, 0.4) is 0 Å². The fourth-order valence-electron chi connectivity index (χ4n) is 6.50. The molecule has 0 nitrogen and oxygen atoms in total. The normalized spacial score (nSPS) is 32.9. The summed E-state index contributed by atoms with van der Waals surface area (Å²) in [6.07, 6.45) is 16.4. The number of benzene rings is 1. The highest BCUT2D eigenvalue weighted by Crippen LogP contribution is 2.48. The molecule has 5 atom stereocenters. The molecule has 1 aromatic rings.